The minimum absolute atomic E-state index is 0.441. The number of nitrogens with one attached hydrogen (secondary N) is 1. The second-order valence-electron chi connectivity index (χ2n) is 3.76. The van der Waals surface area contributed by atoms with Gasteiger partial charge in [-0.2, -0.15) is 0 Å². The van der Waals surface area contributed by atoms with Gasteiger partial charge in [-0.3, -0.25) is 9.63 Å². The highest BCUT2D eigenvalue weighted by molar-refractivity contribution is 5.72. The number of aliphatic carboxylic acids is 1. The summed E-state index contributed by atoms with van der Waals surface area (Å²) in [7, 11) is 0. The molecule has 94 valence electrons. The number of rotatable bonds is 8. The van der Waals surface area contributed by atoms with Crippen LogP contribution in [0.5, 0.6) is 0 Å². The molecule has 0 bridgehead atoms. The molecule has 1 atom stereocenters. The summed E-state index contributed by atoms with van der Waals surface area (Å²) in [5.41, 5.74) is 9.22. The van der Waals surface area contributed by atoms with Crippen molar-refractivity contribution >= 4 is 5.97 Å². The molecule has 0 unspecified atom stereocenters. The molecular formula is C12H18N2O3. The Morgan fingerprint density at radius 3 is 2.76 bits per heavy atom. The Morgan fingerprint density at radius 1 is 1.41 bits per heavy atom. The Morgan fingerprint density at radius 2 is 2.12 bits per heavy atom. The lowest BCUT2D eigenvalue weighted by molar-refractivity contribution is -0.138. The second kappa shape index (κ2) is 7.78. The third-order valence-electron chi connectivity index (χ3n) is 2.29. The molecule has 0 aliphatic carbocycles. The largest absolute Gasteiger partial charge is 0.480 e. The Bertz CT molecular complexity index is 330. The third-order valence-corrected chi connectivity index (χ3v) is 2.29. The number of nitrogens with two attached hydrogens (primary N) is 1. The summed E-state index contributed by atoms with van der Waals surface area (Å²) in [5, 5.41) is 8.56. The average molecular weight is 238 g/mol. The molecule has 1 rings (SSSR count). The molecular weight excluding hydrogens is 220 g/mol. The van der Waals surface area contributed by atoms with Gasteiger partial charge in [0.25, 0.3) is 0 Å². The second-order valence-corrected chi connectivity index (χ2v) is 3.76. The number of hydrogen-bond donors (Lipinski definition) is 3. The van der Waals surface area contributed by atoms with Crippen LogP contribution in [0.15, 0.2) is 30.3 Å². The minimum atomic E-state index is -0.963. The molecule has 1 aromatic carbocycles. The number of hydroxylamine groups is 1. The topological polar surface area (TPSA) is 84.6 Å². The van der Waals surface area contributed by atoms with Crippen LogP contribution in [-0.2, 0) is 16.2 Å². The third kappa shape index (κ3) is 6.01. The van der Waals surface area contributed by atoms with E-state index >= 15 is 0 Å². The fourth-order valence-electron chi connectivity index (χ4n) is 1.30. The van der Waals surface area contributed by atoms with Crippen LogP contribution in [-0.4, -0.2) is 23.7 Å². The lowest BCUT2D eigenvalue weighted by atomic mass is 10.2. The zero-order valence-electron chi connectivity index (χ0n) is 9.63. The summed E-state index contributed by atoms with van der Waals surface area (Å²) in [6.45, 7) is 1.08. The lowest BCUT2D eigenvalue weighted by Gasteiger charge is -2.07. The van der Waals surface area contributed by atoms with Crippen LogP contribution in [0.1, 0.15) is 18.4 Å². The molecule has 5 nitrogen and oxygen atoms in total. The Balaban J connectivity index is 2.00. The van der Waals surface area contributed by atoms with E-state index in [0.29, 0.717) is 26.0 Å². The van der Waals surface area contributed by atoms with Crippen LogP contribution in [0.2, 0.25) is 0 Å². The number of carbonyl (C=O) groups is 1. The predicted molar refractivity (Wildman–Crippen MR) is 64.1 cm³/mol. The predicted octanol–water partition coefficient (Wildman–Crippen LogP) is 0.900. The lowest BCUT2D eigenvalue weighted by Crippen LogP contribution is -2.31. The number of carboxylic acid groups (broad SMARTS) is 1. The summed E-state index contributed by atoms with van der Waals surface area (Å²) in [5.74, 6) is -0.963. The average Bonchev–Trinajstić information content (AvgIpc) is 2.34. The van der Waals surface area contributed by atoms with Crippen molar-refractivity contribution in [2.24, 2.45) is 5.73 Å². The van der Waals surface area contributed by atoms with E-state index in [2.05, 4.69) is 5.48 Å². The van der Waals surface area contributed by atoms with Gasteiger partial charge < -0.3 is 10.8 Å². The molecule has 0 saturated heterocycles. The Labute approximate surface area is 101 Å². The number of benzene rings is 1. The molecule has 1 aromatic rings. The van der Waals surface area contributed by atoms with Gasteiger partial charge in [0.2, 0.25) is 0 Å². The molecule has 0 spiro atoms. The maximum absolute atomic E-state index is 10.4. The van der Waals surface area contributed by atoms with E-state index in [9.17, 15) is 4.79 Å². The fraction of sp³-hybridized carbons (Fsp3) is 0.417. The van der Waals surface area contributed by atoms with Crippen LogP contribution >= 0.6 is 0 Å². The van der Waals surface area contributed by atoms with E-state index in [-0.39, 0.29) is 0 Å². The summed E-state index contributed by atoms with van der Waals surface area (Å²) < 4.78 is 0. The van der Waals surface area contributed by atoms with E-state index in [1.807, 2.05) is 30.3 Å². The molecule has 0 radical (unpaired) electrons. The van der Waals surface area contributed by atoms with Crippen LogP contribution in [0.4, 0.5) is 0 Å². The fourth-order valence-corrected chi connectivity index (χ4v) is 1.30. The quantitative estimate of drug-likeness (QED) is 0.463. The Hall–Kier alpha value is -1.43. The number of hydrogen-bond acceptors (Lipinski definition) is 4. The molecule has 0 aliphatic rings. The Kier molecular flexibility index (Phi) is 6.24. The highest BCUT2D eigenvalue weighted by atomic mass is 16.6. The summed E-state index contributed by atoms with van der Waals surface area (Å²) in [4.78, 5) is 15.7. The van der Waals surface area contributed by atoms with Crippen molar-refractivity contribution in [3.8, 4) is 0 Å². The van der Waals surface area contributed by atoms with Crippen molar-refractivity contribution in [3.63, 3.8) is 0 Å². The van der Waals surface area contributed by atoms with Gasteiger partial charge in [0.05, 0.1) is 6.61 Å². The van der Waals surface area contributed by atoms with Crippen LogP contribution in [0.3, 0.4) is 0 Å². The first-order valence-corrected chi connectivity index (χ1v) is 5.57. The number of carboxylic acids is 1. The van der Waals surface area contributed by atoms with E-state index < -0.39 is 12.0 Å². The maximum Gasteiger partial charge on any atom is 0.320 e. The molecule has 0 amide bonds. The first-order valence-electron chi connectivity index (χ1n) is 5.57. The van der Waals surface area contributed by atoms with Gasteiger partial charge in [-0.25, -0.2) is 5.48 Å². The molecule has 0 heterocycles. The van der Waals surface area contributed by atoms with Gasteiger partial charge in [-0.05, 0) is 18.4 Å². The SMILES string of the molecule is N[C@H](CCCNOCc1ccccc1)C(=O)O. The van der Waals surface area contributed by atoms with E-state index in [4.69, 9.17) is 15.7 Å². The summed E-state index contributed by atoms with van der Waals surface area (Å²) in [6.07, 6.45) is 1.11. The van der Waals surface area contributed by atoms with Gasteiger partial charge in [0, 0.05) is 6.54 Å². The van der Waals surface area contributed by atoms with E-state index in [0.717, 1.165) is 5.56 Å². The van der Waals surface area contributed by atoms with Crippen molar-refractivity contribution < 1.29 is 14.7 Å². The summed E-state index contributed by atoms with van der Waals surface area (Å²) >= 11 is 0. The van der Waals surface area contributed by atoms with Crippen LogP contribution < -0.4 is 11.2 Å². The summed E-state index contributed by atoms with van der Waals surface area (Å²) in [6, 6.07) is 9.01. The minimum Gasteiger partial charge on any atom is -0.480 e. The van der Waals surface area contributed by atoms with Crippen molar-refractivity contribution in [3.05, 3.63) is 35.9 Å². The molecule has 5 heteroatoms. The highest BCUT2D eigenvalue weighted by Crippen LogP contribution is 1.99. The van der Waals surface area contributed by atoms with Crippen molar-refractivity contribution in [2.75, 3.05) is 6.54 Å². The van der Waals surface area contributed by atoms with Gasteiger partial charge in [-0.15, -0.1) is 0 Å². The van der Waals surface area contributed by atoms with Crippen molar-refractivity contribution in [1.82, 2.24) is 5.48 Å². The first kappa shape index (κ1) is 13.6. The van der Waals surface area contributed by atoms with Crippen molar-refractivity contribution in [2.45, 2.75) is 25.5 Å². The molecule has 0 aromatic heterocycles. The smallest absolute Gasteiger partial charge is 0.320 e. The van der Waals surface area contributed by atoms with Crippen LogP contribution in [0.25, 0.3) is 0 Å². The standard InChI is InChI=1S/C12H18N2O3/c13-11(12(15)16)7-4-8-14-17-9-10-5-2-1-3-6-10/h1-3,5-6,11,14H,4,7-9,13H2,(H,15,16)/t11-/m1/s1. The zero-order chi connectivity index (χ0) is 12.5. The van der Waals surface area contributed by atoms with Gasteiger partial charge in [0.1, 0.15) is 6.04 Å². The maximum atomic E-state index is 10.4. The van der Waals surface area contributed by atoms with Crippen molar-refractivity contribution in [1.29, 1.82) is 0 Å². The molecule has 17 heavy (non-hydrogen) atoms. The van der Waals surface area contributed by atoms with E-state index in [1.54, 1.807) is 0 Å². The van der Waals surface area contributed by atoms with E-state index in [1.165, 1.54) is 0 Å². The first-order chi connectivity index (χ1) is 8.20. The molecule has 0 fully saturated rings. The molecule has 0 aliphatic heterocycles. The molecule has 4 N–H and O–H groups in total. The van der Waals surface area contributed by atoms with Gasteiger partial charge >= 0.3 is 5.97 Å². The van der Waals surface area contributed by atoms with Gasteiger partial charge in [-0.1, -0.05) is 30.3 Å². The van der Waals surface area contributed by atoms with Crippen LogP contribution in [0, 0.1) is 0 Å². The monoisotopic (exact) mass is 238 g/mol. The zero-order valence-corrected chi connectivity index (χ0v) is 9.63. The normalized spacial score (nSPS) is 12.3. The highest BCUT2D eigenvalue weighted by Gasteiger charge is 2.09. The van der Waals surface area contributed by atoms with Gasteiger partial charge in [0.15, 0.2) is 0 Å². The molecule has 0 saturated carbocycles.